The van der Waals surface area contributed by atoms with E-state index in [2.05, 4.69) is 14.1 Å². The molecule has 0 aliphatic heterocycles. The summed E-state index contributed by atoms with van der Waals surface area (Å²) < 4.78 is 25.7. The Bertz CT molecular complexity index is 979. The van der Waals surface area contributed by atoms with Crippen LogP contribution in [0.4, 0.5) is 0 Å². The van der Waals surface area contributed by atoms with E-state index in [-0.39, 0.29) is 11.6 Å². The molecule has 11 nitrogen and oxygen atoms in total. The largest absolute Gasteiger partial charge is 0.409 e. The van der Waals surface area contributed by atoms with Gasteiger partial charge in [-0.2, -0.15) is 8.42 Å². The van der Waals surface area contributed by atoms with Crippen LogP contribution >= 0.6 is 0 Å². The van der Waals surface area contributed by atoms with Gasteiger partial charge < -0.3 is 4.28 Å². The van der Waals surface area contributed by atoms with E-state index in [1.165, 1.54) is 0 Å². The molecule has 1 aliphatic rings. The summed E-state index contributed by atoms with van der Waals surface area (Å²) in [5.74, 6) is -0.128. The van der Waals surface area contributed by atoms with Crippen molar-refractivity contribution in [2.45, 2.75) is 0 Å². The quantitative estimate of drug-likeness (QED) is 0.296. The van der Waals surface area contributed by atoms with Crippen LogP contribution in [0, 0.1) is 0 Å². The van der Waals surface area contributed by atoms with Crippen molar-refractivity contribution in [1.29, 1.82) is 0 Å². The molecule has 0 spiro atoms. The third kappa shape index (κ3) is 3.97. The highest BCUT2D eigenvalue weighted by atomic mass is 32.2. The average molecular weight is 372 g/mol. The summed E-state index contributed by atoms with van der Waals surface area (Å²) in [4.78, 5) is 28.0. The SMILES string of the molecule is O=C1c2ccccc2C(=O)c2ccccc21.[N-]=[N+]=NOS(=O)(=O)N=[N+]=[N-]. The first-order valence-corrected chi connectivity index (χ1v) is 8.09. The lowest BCUT2D eigenvalue weighted by molar-refractivity contribution is 0.0979. The molecule has 0 saturated carbocycles. The number of rotatable bonds is 3. The van der Waals surface area contributed by atoms with E-state index in [4.69, 9.17) is 11.1 Å². The first-order valence-electron chi connectivity index (χ1n) is 6.73. The first-order chi connectivity index (χ1) is 12.4. The van der Waals surface area contributed by atoms with Gasteiger partial charge in [0.2, 0.25) is 0 Å². The van der Waals surface area contributed by atoms with Crippen molar-refractivity contribution in [2.75, 3.05) is 0 Å². The van der Waals surface area contributed by atoms with Crippen LogP contribution in [0.5, 0.6) is 0 Å². The van der Waals surface area contributed by atoms with Gasteiger partial charge in [0.25, 0.3) is 0 Å². The van der Waals surface area contributed by atoms with E-state index in [9.17, 15) is 18.0 Å². The second-order valence-corrected chi connectivity index (χ2v) is 5.76. The zero-order valence-electron chi connectivity index (χ0n) is 12.8. The molecule has 0 radical (unpaired) electrons. The molecule has 12 heteroatoms. The molecule has 0 atom stereocenters. The van der Waals surface area contributed by atoms with Crippen molar-refractivity contribution in [1.82, 2.24) is 0 Å². The fourth-order valence-corrected chi connectivity index (χ4v) is 2.40. The lowest BCUT2D eigenvalue weighted by Crippen LogP contribution is -2.20. The van der Waals surface area contributed by atoms with E-state index < -0.39 is 10.3 Å². The predicted molar refractivity (Wildman–Crippen MR) is 88.0 cm³/mol. The van der Waals surface area contributed by atoms with Gasteiger partial charge in [-0.3, -0.25) is 9.59 Å². The minimum absolute atomic E-state index is 0.0641. The Morgan fingerprint density at radius 2 is 1.15 bits per heavy atom. The van der Waals surface area contributed by atoms with Crippen LogP contribution in [0.25, 0.3) is 20.9 Å². The van der Waals surface area contributed by atoms with Crippen molar-refractivity contribution >= 4 is 21.9 Å². The normalized spacial score (nSPS) is 11.5. The van der Waals surface area contributed by atoms with Crippen LogP contribution in [0.2, 0.25) is 0 Å². The van der Waals surface area contributed by atoms with E-state index >= 15 is 0 Å². The molecule has 0 heterocycles. The molecule has 0 unspecified atom stereocenters. The summed E-state index contributed by atoms with van der Waals surface area (Å²) in [7, 11) is -4.41. The number of nitrogens with zero attached hydrogens (tertiary/aromatic N) is 6. The molecule has 0 fully saturated rings. The van der Waals surface area contributed by atoms with Crippen molar-refractivity contribution in [3.05, 3.63) is 91.7 Å². The monoisotopic (exact) mass is 372 g/mol. The second kappa shape index (κ2) is 7.81. The van der Waals surface area contributed by atoms with E-state index in [1.54, 1.807) is 48.5 Å². The topological polar surface area (TPSA) is 175 Å². The fraction of sp³-hybridized carbons (Fsp3) is 0. The number of carbonyl (C=O) groups is 2. The van der Waals surface area contributed by atoms with Gasteiger partial charge in [-0.1, -0.05) is 48.5 Å². The number of ketones is 2. The lowest BCUT2D eigenvalue weighted by atomic mass is 9.84. The predicted octanol–water partition coefficient (Wildman–Crippen LogP) is 3.25. The summed E-state index contributed by atoms with van der Waals surface area (Å²) in [6.07, 6.45) is 0. The number of fused-ring (bicyclic) bond motifs is 2. The summed E-state index contributed by atoms with van der Waals surface area (Å²) >= 11 is 0. The fourth-order valence-electron chi connectivity index (χ4n) is 2.17. The highest BCUT2D eigenvalue weighted by Gasteiger charge is 2.28. The van der Waals surface area contributed by atoms with Gasteiger partial charge in [0.1, 0.15) is 5.28 Å². The van der Waals surface area contributed by atoms with Gasteiger partial charge in [-0.25, -0.2) is 0 Å². The third-order valence-corrected chi connectivity index (χ3v) is 3.66. The molecule has 0 saturated heterocycles. The van der Waals surface area contributed by atoms with Crippen molar-refractivity contribution < 1.29 is 22.3 Å². The van der Waals surface area contributed by atoms with E-state index in [0.717, 1.165) is 0 Å². The Morgan fingerprint density at radius 1 is 0.769 bits per heavy atom. The number of azide groups is 2. The molecule has 2 aromatic rings. The molecular formula is C14H8N6O5S. The number of hydrogen-bond donors (Lipinski definition) is 0. The zero-order chi connectivity index (χ0) is 19.2. The molecule has 0 aromatic heterocycles. The summed E-state index contributed by atoms with van der Waals surface area (Å²) in [5, 5.41) is 2.19. The average Bonchev–Trinajstić information content (AvgIpc) is 2.65. The minimum Gasteiger partial charge on any atom is -0.304 e. The molecule has 0 amide bonds. The second-order valence-electron chi connectivity index (χ2n) is 4.59. The number of carbonyl (C=O) groups excluding carboxylic acids is 2. The van der Waals surface area contributed by atoms with Gasteiger partial charge in [0.05, 0.1) is 4.52 Å². The summed E-state index contributed by atoms with van der Waals surface area (Å²) in [6, 6.07) is 13.9. The van der Waals surface area contributed by atoms with Crippen LogP contribution in [0.15, 0.2) is 58.3 Å². The van der Waals surface area contributed by atoms with Crippen LogP contribution in [0.3, 0.4) is 0 Å². The van der Waals surface area contributed by atoms with E-state index in [1.807, 2.05) is 9.82 Å². The Hall–Kier alpha value is -3.85. The summed E-state index contributed by atoms with van der Waals surface area (Å²) in [5.41, 5.74) is 17.1. The summed E-state index contributed by atoms with van der Waals surface area (Å²) in [6.45, 7) is 0. The number of hydrogen-bond acceptors (Lipinski definition) is 6. The van der Waals surface area contributed by atoms with Gasteiger partial charge in [0.15, 0.2) is 11.6 Å². The Morgan fingerprint density at radius 3 is 1.46 bits per heavy atom. The molecular weight excluding hydrogens is 364 g/mol. The molecule has 130 valence electrons. The zero-order valence-corrected chi connectivity index (χ0v) is 13.6. The molecule has 1 aliphatic carbocycles. The minimum atomic E-state index is -4.41. The van der Waals surface area contributed by atoms with E-state index in [0.29, 0.717) is 22.3 Å². The van der Waals surface area contributed by atoms with Gasteiger partial charge in [-0.15, -0.1) is 0 Å². The van der Waals surface area contributed by atoms with Crippen molar-refractivity contribution in [3.8, 4) is 0 Å². The maximum Gasteiger partial charge on any atom is 0.409 e. The van der Waals surface area contributed by atoms with Gasteiger partial charge >= 0.3 is 10.3 Å². The molecule has 0 N–H and O–H groups in total. The van der Waals surface area contributed by atoms with Crippen LogP contribution < -0.4 is 0 Å². The van der Waals surface area contributed by atoms with Crippen LogP contribution in [0.1, 0.15) is 31.8 Å². The molecule has 3 rings (SSSR count). The standard InChI is InChI=1S/C14H8O2.N6O3S/c15-13-9-5-1-2-6-10(9)14(16)12-8-4-3-7-11(12)13;1-3-5-9-10(7,8)6-4-2/h1-8H;. The highest BCUT2D eigenvalue weighted by molar-refractivity contribution is 7.85. The van der Waals surface area contributed by atoms with Crippen molar-refractivity contribution in [2.24, 2.45) is 9.80 Å². The maximum atomic E-state index is 12.1. The Labute approximate surface area is 146 Å². The maximum absolute atomic E-state index is 12.1. The van der Waals surface area contributed by atoms with Gasteiger partial charge in [0, 0.05) is 32.1 Å². The van der Waals surface area contributed by atoms with Crippen LogP contribution in [-0.2, 0) is 14.6 Å². The molecule has 2 aromatic carbocycles. The highest BCUT2D eigenvalue weighted by Crippen LogP contribution is 2.26. The molecule has 26 heavy (non-hydrogen) atoms. The first kappa shape index (κ1) is 18.5. The molecule has 0 bridgehead atoms. The van der Waals surface area contributed by atoms with Crippen molar-refractivity contribution in [3.63, 3.8) is 0 Å². The third-order valence-electron chi connectivity index (χ3n) is 3.13. The van der Waals surface area contributed by atoms with Crippen LogP contribution in [-0.4, -0.2) is 20.0 Å². The number of benzene rings is 2. The Kier molecular flexibility index (Phi) is 5.56. The smallest absolute Gasteiger partial charge is 0.304 e. The van der Waals surface area contributed by atoms with Gasteiger partial charge in [-0.05, 0) is 11.1 Å². The Balaban J connectivity index is 0.000000213. The lowest BCUT2D eigenvalue weighted by Gasteiger charge is -2.16.